The Bertz CT molecular complexity index is 842. The van der Waals surface area contributed by atoms with Gasteiger partial charge in [-0.3, -0.25) is 4.79 Å². The van der Waals surface area contributed by atoms with Gasteiger partial charge < -0.3 is 10.1 Å². The first-order chi connectivity index (χ1) is 11.2. The molecule has 0 aliphatic heterocycles. The van der Waals surface area contributed by atoms with Crippen molar-refractivity contribution in [3.05, 3.63) is 77.9 Å². The van der Waals surface area contributed by atoms with Crippen LogP contribution >= 0.6 is 0 Å². The molecule has 1 N–H and O–H groups in total. The summed E-state index contributed by atoms with van der Waals surface area (Å²) < 4.78 is 5.36. The quantitative estimate of drug-likeness (QED) is 0.778. The fourth-order valence-electron chi connectivity index (χ4n) is 2.71. The highest BCUT2D eigenvalue weighted by atomic mass is 16.5. The van der Waals surface area contributed by atoms with Crippen LogP contribution in [0.1, 0.15) is 28.9 Å². The average Bonchev–Trinajstić information content (AvgIpc) is 2.61. The van der Waals surface area contributed by atoms with Gasteiger partial charge in [-0.05, 0) is 35.9 Å². The highest BCUT2D eigenvalue weighted by Crippen LogP contribution is 2.25. The van der Waals surface area contributed by atoms with E-state index in [1.54, 1.807) is 7.11 Å². The van der Waals surface area contributed by atoms with E-state index in [0.717, 1.165) is 22.1 Å². The average molecular weight is 305 g/mol. The van der Waals surface area contributed by atoms with Crippen LogP contribution in [0, 0.1) is 0 Å². The lowest BCUT2D eigenvalue weighted by molar-refractivity contribution is 0.0939. The number of carbonyl (C=O) groups is 1. The third-order valence-electron chi connectivity index (χ3n) is 3.96. The standard InChI is InChI=1S/C20H19NO2/c1-14(18-9-5-6-10-19(18)23-2)21-20(22)17-12-11-15-7-3-4-8-16(15)13-17/h3-14H,1-2H3,(H,21,22)/t14-/m0/s1. The second-order valence-electron chi connectivity index (χ2n) is 5.50. The Labute approximate surface area is 135 Å². The summed E-state index contributed by atoms with van der Waals surface area (Å²) in [5.74, 6) is 0.688. The second kappa shape index (κ2) is 6.53. The second-order valence-corrected chi connectivity index (χ2v) is 5.50. The molecule has 0 saturated heterocycles. The summed E-state index contributed by atoms with van der Waals surface area (Å²) in [5, 5.41) is 5.22. The molecular formula is C20H19NO2. The lowest BCUT2D eigenvalue weighted by Crippen LogP contribution is -2.26. The summed E-state index contributed by atoms with van der Waals surface area (Å²) in [5.41, 5.74) is 1.62. The number of rotatable bonds is 4. The molecule has 0 aromatic heterocycles. The summed E-state index contributed by atoms with van der Waals surface area (Å²) in [4.78, 5) is 12.5. The third-order valence-corrected chi connectivity index (χ3v) is 3.96. The molecular weight excluding hydrogens is 286 g/mol. The fraction of sp³-hybridized carbons (Fsp3) is 0.150. The molecule has 0 aliphatic carbocycles. The number of fused-ring (bicyclic) bond motifs is 1. The van der Waals surface area contributed by atoms with E-state index < -0.39 is 0 Å². The Balaban J connectivity index is 1.82. The van der Waals surface area contributed by atoms with Crippen LogP contribution in [0.25, 0.3) is 10.8 Å². The van der Waals surface area contributed by atoms with Crippen molar-refractivity contribution in [3.63, 3.8) is 0 Å². The zero-order valence-corrected chi connectivity index (χ0v) is 13.2. The van der Waals surface area contributed by atoms with Crippen molar-refractivity contribution >= 4 is 16.7 Å². The summed E-state index contributed by atoms with van der Waals surface area (Å²) >= 11 is 0. The molecule has 1 amide bonds. The Morgan fingerprint density at radius 3 is 2.43 bits per heavy atom. The normalized spacial score (nSPS) is 11.9. The summed E-state index contributed by atoms with van der Waals surface area (Å²) in [7, 11) is 1.64. The van der Waals surface area contributed by atoms with Crippen LogP contribution in [-0.2, 0) is 0 Å². The van der Waals surface area contributed by atoms with Gasteiger partial charge in [-0.25, -0.2) is 0 Å². The molecule has 3 nitrogen and oxygen atoms in total. The van der Waals surface area contributed by atoms with Gasteiger partial charge in [0.2, 0.25) is 0 Å². The zero-order valence-electron chi connectivity index (χ0n) is 13.2. The third kappa shape index (κ3) is 3.19. The van der Waals surface area contributed by atoms with Crippen molar-refractivity contribution in [1.82, 2.24) is 5.32 Å². The van der Waals surface area contributed by atoms with Crippen LogP contribution in [0.3, 0.4) is 0 Å². The SMILES string of the molecule is COc1ccccc1[C@H](C)NC(=O)c1ccc2ccccc2c1. The number of methoxy groups -OCH3 is 1. The molecule has 0 radical (unpaired) electrons. The molecule has 0 saturated carbocycles. The van der Waals surface area contributed by atoms with Gasteiger partial charge in [0.05, 0.1) is 13.2 Å². The van der Waals surface area contributed by atoms with Crippen LogP contribution in [0.4, 0.5) is 0 Å². The van der Waals surface area contributed by atoms with Crippen molar-refractivity contribution in [2.45, 2.75) is 13.0 Å². The minimum Gasteiger partial charge on any atom is -0.496 e. The van der Waals surface area contributed by atoms with E-state index >= 15 is 0 Å². The highest BCUT2D eigenvalue weighted by molar-refractivity contribution is 5.98. The van der Waals surface area contributed by atoms with Crippen LogP contribution in [-0.4, -0.2) is 13.0 Å². The number of hydrogen-bond donors (Lipinski definition) is 1. The number of carbonyl (C=O) groups excluding carboxylic acids is 1. The maximum atomic E-state index is 12.5. The Hall–Kier alpha value is -2.81. The van der Waals surface area contributed by atoms with Gasteiger partial charge in [-0.15, -0.1) is 0 Å². The van der Waals surface area contributed by atoms with E-state index in [-0.39, 0.29) is 11.9 Å². The molecule has 0 unspecified atom stereocenters. The zero-order chi connectivity index (χ0) is 16.2. The first-order valence-corrected chi connectivity index (χ1v) is 7.61. The lowest BCUT2D eigenvalue weighted by atomic mass is 10.0. The summed E-state index contributed by atoms with van der Waals surface area (Å²) in [6.07, 6.45) is 0. The number of nitrogens with one attached hydrogen (secondary N) is 1. The molecule has 0 heterocycles. The number of para-hydroxylation sites is 1. The number of ether oxygens (including phenoxy) is 1. The maximum absolute atomic E-state index is 12.5. The van der Waals surface area contributed by atoms with Gasteiger partial charge in [0.25, 0.3) is 5.91 Å². The highest BCUT2D eigenvalue weighted by Gasteiger charge is 2.14. The predicted octanol–water partition coefficient (Wildman–Crippen LogP) is 4.34. The first kappa shape index (κ1) is 15.1. The smallest absolute Gasteiger partial charge is 0.251 e. The molecule has 0 bridgehead atoms. The van der Waals surface area contributed by atoms with Crippen molar-refractivity contribution in [1.29, 1.82) is 0 Å². The fourth-order valence-corrected chi connectivity index (χ4v) is 2.71. The minimum atomic E-state index is -0.134. The Morgan fingerprint density at radius 1 is 0.957 bits per heavy atom. The van der Waals surface area contributed by atoms with Gasteiger partial charge in [0.15, 0.2) is 0 Å². The number of amides is 1. The van der Waals surface area contributed by atoms with E-state index in [9.17, 15) is 4.79 Å². The number of benzene rings is 3. The molecule has 3 aromatic carbocycles. The topological polar surface area (TPSA) is 38.3 Å². The molecule has 0 spiro atoms. The summed E-state index contributed by atoms with van der Waals surface area (Å²) in [6, 6.07) is 21.3. The number of hydrogen-bond acceptors (Lipinski definition) is 2. The van der Waals surface area contributed by atoms with Crippen molar-refractivity contribution in [3.8, 4) is 5.75 Å². The van der Waals surface area contributed by atoms with Crippen molar-refractivity contribution in [2.24, 2.45) is 0 Å². The van der Waals surface area contributed by atoms with E-state index in [1.165, 1.54) is 0 Å². The van der Waals surface area contributed by atoms with Gasteiger partial charge in [0, 0.05) is 11.1 Å². The lowest BCUT2D eigenvalue weighted by Gasteiger charge is -2.17. The molecule has 0 aliphatic rings. The van der Waals surface area contributed by atoms with Gasteiger partial charge in [-0.1, -0.05) is 48.5 Å². The van der Waals surface area contributed by atoms with Gasteiger partial charge in [-0.2, -0.15) is 0 Å². The van der Waals surface area contributed by atoms with E-state index in [4.69, 9.17) is 4.74 Å². The Kier molecular flexibility index (Phi) is 4.29. The van der Waals surface area contributed by atoms with E-state index in [2.05, 4.69) is 5.32 Å². The Morgan fingerprint density at radius 2 is 1.65 bits per heavy atom. The van der Waals surface area contributed by atoms with Crippen LogP contribution in [0.5, 0.6) is 5.75 Å². The summed E-state index contributed by atoms with van der Waals surface area (Å²) in [6.45, 7) is 1.96. The monoisotopic (exact) mass is 305 g/mol. The molecule has 3 aromatic rings. The molecule has 3 rings (SSSR count). The molecule has 23 heavy (non-hydrogen) atoms. The molecule has 3 heteroatoms. The largest absolute Gasteiger partial charge is 0.496 e. The minimum absolute atomic E-state index is 0.0887. The molecule has 1 atom stereocenters. The molecule has 116 valence electrons. The van der Waals surface area contributed by atoms with Gasteiger partial charge in [0.1, 0.15) is 5.75 Å². The van der Waals surface area contributed by atoms with Crippen LogP contribution in [0.2, 0.25) is 0 Å². The molecule has 0 fully saturated rings. The first-order valence-electron chi connectivity index (χ1n) is 7.61. The van der Waals surface area contributed by atoms with Crippen LogP contribution in [0.15, 0.2) is 66.7 Å². The van der Waals surface area contributed by atoms with Crippen molar-refractivity contribution < 1.29 is 9.53 Å². The van der Waals surface area contributed by atoms with Gasteiger partial charge >= 0.3 is 0 Å². The van der Waals surface area contributed by atoms with Crippen LogP contribution < -0.4 is 10.1 Å². The predicted molar refractivity (Wildman–Crippen MR) is 92.8 cm³/mol. The van der Waals surface area contributed by atoms with Crippen molar-refractivity contribution in [2.75, 3.05) is 7.11 Å². The van der Waals surface area contributed by atoms with E-state index in [0.29, 0.717) is 5.56 Å². The van der Waals surface area contributed by atoms with E-state index in [1.807, 2.05) is 73.7 Å². The maximum Gasteiger partial charge on any atom is 0.251 e.